The lowest BCUT2D eigenvalue weighted by Gasteiger charge is -2.32. The van der Waals surface area contributed by atoms with Gasteiger partial charge in [-0.2, -0.15) is 13.2 Å². The van der Waals surface area contributed by atoms with E-state index in [0.717, 1.165) is 36.5 Å². The lowest BCUT2D eigenvalue weighted by atomic mass is 9.87. The molecule has 2 aliphatic rings. The number of halogens is 3. The molecule has 2 fully saturated rings. The van der Waals surface area contributed by atoms with Gasteiger partial charge < -0.3 is 10.2 Å². The molecular weight excluding hydrogens is 321 g/mol. The molecule has 1 saturated heterocycles. The summed E-state index contributed by atoms with van der Waals surface area (Å²) in [5, 5.41) is 2.84. The minimum Gasteiger partial charge on any atom is -0.352 e. The van der Waals surface area contributed by atoms with Crippen molar-refractivity contribution in [2.75, 3.05) is 19.6 Å². The Bertz CT molecular complexity index is 485. The number of hydrogen-bond donors (Lipinski definition) is 1. The molecule has 0 radical (unpaired) electrons. The van der Waals surface area contributed by atoms with Crippen LogP contribution in [-0.2, 0) is 9.59 Å². The average molecular weight is 346 g/mol. The smallest absolute Gasteiger partial charge is 0.352 e. The van der Waals surface area contributed by atoms with Gasteiger partial charge in [0.2, 0.25) is 5.91 Å². The van der Waals surface area contributed by atoms with E-state index in [1.54, 1.807) is 6.08 Å². The Labute approximate surface area is 140 Å². The fraction of sp³-hybridized carbons (Fsp3) is 0.765. The summed E-state index contributed by atoms with van der Waals surface area (Å²) in [6, 6.07) is 0. The standard InChI is InChI=1S/C17H25F3N2O2/c1-12-2-4-13(5-3-12)10-15(23)21-11-14-6-8-22(9-7-14)16(24)17(18,19)20/h10,12,14H,2-9,11H2,1H3,(H,21,23). The predicted molar refractivity (Wildman–Crippen MR) is 84.1 cm³/mol. The third-order valence-corrected chi connectivity index (χ3v) is 4.96. The molecule has 0 aromatic carbocycles. The number of nitrogens with zero attached hydrogens (tertiary/aromatic N) is 1. The van der Waals surface area contributed by atoms with Crippen molar-refractivity contribution in [2.45, 2.75) is 51.6 Å². The first-order valence-corrected chi connectivity index (χ1v) is 8.59. The Morgan fingerprint density at radius 3 is 2.29 bits per heavy atom. The van der Waals surface area contributed by atoms with Crippen molar-refractivity contribution in [1.29, 1.82) is 0 Å². The van der Waals surface area contributed by atoms with Crippen molar-refractivity contribution in [3.8, 4) is 0 Å². The van der Waals surface area contributed by atoms with E-state index in [0.29, 0.717) is 19.4 Å². The number of amides is 2. The van der Waals surface area contributed by atoms with Crippen LogP contribution in [-0.4, -0.2) is 42.5 Å². The zero-order valence-electron chi connectivity index (χ0n) is 14.0. The van der Waals surface area contributed by atoms with Gasteiger partial charge in [0.1, 0.15) is 0 Å². The van der Waals surface area contributed by atoms with E-state index in [4.69, 9.17) is 0 Å². The summed E-state index contributed by atoms with van der Waals surface area (Å²) in [5.41, 5.74) is 1.18. The topological polar surface area (TPSA) is 49.4 Å². The highest BCUT2D eigenvalue weighted by molar-refractivity contribution is 5.88. The maximum absolute atomic E-state index is 12.4. The van der Waals surface area contributed by atoms with E-state index in [9.17, 15) is 22.8 Å². The highest BCUT2D eigenvalue weighted by atomic mass is 19.4. The zero-order valence-corrected chi connectivity index (χ0v) is 14.0. The van der Waals surface area contributed by atoms with E-state index in [1.165, 1.54) is 5.57 Å². The van der Waals surface area contributed by atoms with Crippen LogP contribution in [0.4, 0.5) is 13.2 Å². The van der Waals surface area contributed by atoms with Crippen molar-refractivity contribution < 1.29 is 22.8 Å². The van der Waals surface area contributed by atoms with Crippen molar-refractivity contribution in [3.05, 3.63) is 11.6 Å². The quantitative estimate of drug-likeness (QED) is 0.799. The Kier molecular flexibility index (Phi) is 6.29. The fourth-order valence-corrected chi connectivity index (χ4v) is 3.28. The Morgan fingerprint density at radius 1 is 1.17 bits per heavy atom. The van der Waals surface area contributed by atoms with Crippen LogP contribution in [0.5, 0.6) is 0 Å². The summed E-state index contributed by atoms with van der Waals surface area (Å²) >= 11 is 0. The van der Waals surface area contributed by atoms with Crippen LogP contribution in [0.15, 0.2) is 11.6 Å². The van der Waals surface area contributed by atoms with Gasteiger partial charge in [0.25, 0.3) is 0 Å². The molecule has 1 saturated carbocycles. The maximum atomic E-state index is 12.4. The Morgan fingerprint density at radius 2 is 1.75 bits per heavy atom. The molecule has 0 unspecified atom stereocenters. The summed E-state index contributed by atoms with van der Waals surface area (Å²) in [7, 11) is 0. The largest absolute Gasteiger partial charge is 0.471 e. The first-order valence-electron chi connectivity index (χ1n) is 8.59. The molecule has 1 heterocycles. The Balaban J connectivity index is 1.70. The molecule has 0 atom stereocenters. The molecular formula is C17H25F3N2O2. The van der Waals surface area contributed by atoms with Crippen molar-refractivity contribution in [3.63, 3.8) is 0 Å². The van der Waals surface area contributed by atoms with E-state index >= 15 is 0 Å². The maximum Gasteiger partial charge on any atom is 0.471 e. The molecule has 2 rings (SSSR count). The second-order valence-electron chi connectivity index (χ2n) is 6.96. The first kappa shape index (κ1) is 18.8. The van der Waals surface area contributed by atoms with Crippen molar-refractivity contribution >= 4 is 11.8 Å². The molecule has 136 valence electrons. The SMILES string of the molecule is CC1CCC(=CC(=O)NCC2CCN(C(=O)C(F)(F)F)CC2)CC1. The van der Waals surface area contributed by atoms with E-state index in [-0.39, 0.29) is 24.9 Å². The minimum absolute atomic E-state index is 0.0951. The zero-order chi connectivity index (χ0) is 17.7. The second kappa shape index (κ2) is 8.03. The monoisotopic (exact) mass is 346 g/mol. The highest BCUT2D eigenvalue weighted by Gasteiger charge is 2.43. The van der Waals surface area contributed by atoms with E-state index < -0.39 is 12.1 Å². The van der Waals surface area contributed by atoms with Gasteiger partial charge in [-0.25, -0.2) is 0 Å². The fourth-order valence-electron chi connectivity index (χ4n) is 3.28. The number of allylic oxidation sites excluding steroid dienone is 1. The lowest BCUT2D eigenvalue weighted by Crippen LogP contribution is -2.46. The molecule has 0 bridgehead atoms. The van der Waals surface area contributed by atoms with E-state index in [1.807, 2.05) is 0 Å². The van der Waals surface area contributed by atoms with Gasteiger partial charge in [-0.1, -0.05) is 12.5 Å². The summed E-state index contributed by atoms with van der Waals surface area (Å²) in [6.07, 6.45) is 2.00. The van der Waals surface area contributed by atoms with E-state index in [2.05, 4.69) is 12.2 Å². The predicted octanol–water partition coefficient (Wildman–Crippen LogP) is 3.04. The lowest BCUT2D eigenvalue weighted by molar-refractivity contribution is -0.186. The number of rotatable bonds is 3. The van der Waals surface area contributed by atoms with Crippen LogP contribution in [0.3, 0.4) is 0 Å². The van der Waals surface area contributed by atoms with Gasteiger partial charge in [0.05, 0.1) is 0 Å². The van der Waals surface area contributed by atoms with Crippen molar-refractivity contribution in [1.82, 2.24) is 10.2 Å². The molecule has 24 heavy (non-hydrogen) atoms. The molecule has 0 aromatic rings. The third kappa shape index (κ3) is 5.53. The second-order valence-corrected chi connectivity index (χ2v) is 6.96. The highest BCUT2D eigenvalue weighted by Crippen LogP contribution is 2.27. The molecule has 1 N–H and O–H groups in total. The van der Waals surface area contributed by atoms with Gasteiger partial charge in [0, 0.05) is 25.7 Å². The van der Waals surface area contributed by atoms with Crippen LogP contribution >= 0.6 is 0 Å². The summed E-state index contributed by atoms with van der Waals surface area (Å²) < 4.78 is 37.1. The summed E-state index contributed by atoms with van der Waals surface area (Å²) in [6.45, 7) is 2.86. The van der Waals surface area contributed by atoms with Gasteiger partial charge in [-0.15, -0.1) is 0 Å². The summed E-state index contributed by atoms with van der Waals surface area (Å²) in [4.78, 5) is 23.9. The van der Waals surface area contributed by atoms with Gasteiger partial charge >= 0.3 is 12.1 Å². The van der Waals surface area contributed by atoms with Crippen LogP contribution < -0.4 is 5.32 Å². The van der Waals surface area contributed by atoms with Gasteiger partial charge in [-0.3, -0.25) is 9.59 Å². The molecule has 0 spiro atoms. The van der Waals surface area contributed by atoms with Crippen molar-refractivity contribution in [2.24, 2.45) is 11.8 Å². The number of carbonyl (C=O) groups excluding carboxylic acids is 2. The molecule has 2 amide bonds. The van der Waals surface area contributed by atoms with Gasteiger partial charge in [0.15, 0.2) is 0 Å². The molecule has 0 aromatic heterocycles. The molecule has 1 aliphatic carbocycles. The number of alkyl halides is 3. The average Bonchev–Trinajstić information content (AvgIpc) is 2.54. The number of likely N-dealkylation sites (tertiary alicyclic amines) is 1. The number of hydrogen-bond acceptors (Lipinski definition) is 2. The molecule has 1 aliphatic heterocycles. The third-order valence-electron chi connectivity index (χ3n) is 4.96. The molecule has 4 nitrogen and oxygen atoms in total. The number of piperidine rings is 1. The summed E-state index contributed by atoms with van der Waals surface area (Å²) in [5.74, 6) is -1.04. The Hall–Kier alpha value is -1.53. The van der Waals surface area contributed by atoms with Crippen LogP contribution in [0.2, 0.25) is 0 Å². The normalized spacial score (nSPS) is 23.1. The minimum atomic E-state index is -4.80. The number of nitrogens with one attached hydrogen (secondary N) is 1. The first-order chi connectivity index (χ1) is 11.3. The van der Waals surface area contributed by atoms with Crippen LogP contribution in [0, 0.1) is 11.8 Å². The van der Waals surface area contributed by atoms with Crippen LogP contribution in [0.1, 0.15) is 45.4 Å². The van der Waals surface area contributed by atoms with Gasteiger partial charge in [-0.05, 0) is 50.4 Å². The number of carbonyl (C=O) groups is 2. The molecule has 7 heteroatoms. The van der Waals surface area contributed by atoms with Crippen LogP contribution in [0.25, 0.3) is 0 Å².